The Morgan fingerprint density at radius 1 is 1.21 bits per heavy atom. The first-order chi connectivity index (χ1) is 8.50. The van der Waals surface area contributed by atoms with Crippen molar-refractivity contribution in [2.45, 2.75) is 51.6 Å². The lowest BCUT2D eigenvalue weighted by Crippen LogP contribution is -2.41. The number of hydrogen-bond acceptors (Lipinski definition) is 3. The van der Waals surface area contributed by atoms with Gasteiger partial charge >= 0.3 is 13.3 Å². The molecule has 1 saturated heterocycles. The van der Waals surface area contributed by atoms with Gasteiger partial charge in [-0.1, -0.05) is 0 Å². The van der Waals surface area contributed by atoms with E-state index < -0.39 is 31.0 Å². The highest BCUT2D eigenvalue weighted by Gasteiger charge is 2.52. The summed E-state index contributed by atoms with van der Waals surface area (Å²) >= 11 is 0. The van der Waals surface area contributed by atoms with Crippen molar-refractivity contribution >= 4 is 12.7 Å². The molecule has 0 aliphatic carbocycles. The number of aromatic nitrogens is 2. The van der Waals surface area contributed by atoms with E-state index in [1.165, 1.54) is 12.3 Å². The number of alkyl halides is 3. The van der Waals surface area contributed by atoms with E-state index in [1.54, 1.807) is 0 Å². The molecule has 1 aliphatic heterocycles. The third-order valence-electron chi connectivity index (χ3n) is 3.50. The topological polar surface area (TPSA) is 36.3 Å². The average molecular weight is 276 g/mol. The lowest BCUT2D eigenvalue weighted by molar-refractivity contribution is -0.142. The summed E-state index contributed by atoms with van der Waals surface area (Å²) in [5.41, 5.74) is -0.723. The van der Waals surface area contributed by atoms with Crippen LogP contribution in [-0.2, 0) is 15.9 Å². The lowest BCUT2D eigenvalue weighted by atomic mass is 9.85. The van der Waals surface area contributed by atoms with Gasteiger partial charge in [0.2, 0.25) is 0 Å². The van der Waals surface area contributed by atoms with Crippen LogP contribution in [0.15, 0.2) is 12.3 Å². The fourth-order valence-electron chi connectivity index (χ4n) is 1.74. The molecule has 2 heterocycles. The van der Waals surface area contributed by atoms with Gasteiger partial charge in [-0.25, -0.2) is 0 Å². The second kappa shape index (κ2) is 4.24. The summed E-state index contributed by atoms with van der Waals surface area (Å²) < 4.78 is 49.0. The summed E-state index contributed by atoms with van der Waals surface area (Å²) in [6.45, 7) is 6.38. The molecule has 1 aromatic rings. The van der Waals surface area contributed by atoms with Crippen molar-refractivity contribution in [1.29, 1.82) is 0 Å². The van der Waals surface area contributed by atoms with E-state index in [1.807, 2.05) is 27.7 Å². The quantitative estimate of drug-likeness (QED) is 0.772. The minimum absolute atomic E-state index is 0.350. The zero-order chi connectivity index (χ0) is 14.5. The highest BCUT2D eigenvalue weighted by molar-refractivity contribution is 6.61. The van der Waals surface area contributed by atoms with E-state index in [2.05, 4.69) is 5.10 Å². The number of rotatable bonds is 2. The Balaban J connectivity index is 2.13. The zero-order valence-electron chi connectivity index (χ0n) is 11.3. The minimum atomic E-state index is -4.29. The van der Waals surface area contributed by atoms with Crippen LogP contribution in [0.1, 0.15) is 27.7 Å². The van der Waals surface area contributed by atoms with Gasteiger partial charge in [0.1, 0.15) is 6.54 Å². The third-order valence-corrected chi connectivity index (χ3v) is 3.50. The van der Waals surface area contributed by atoms with E-state index in [0.29, 0.717) is 5.59 Å². The molecule has 4 nitrogen and oxygen atoms in total. The molecular weight excluding hydrogens is 260 g/mol. The maximum atomic E-state index is 12.3. The summed E-state index contributed by atoms with van der Waals surface area (Å²) in [6.07, 6.45) is -3.02. The van der Waals surface area contributed by atoms with Crippen LogP contribution in [0.25, 0.3) is 0 Å². The van der Waals surface area contributed by atoms with E-state index in [0.717, 1.165) is 4.68 Å². The molecule has 0 saturated carbocycles. The predicted octanol–water partition coefficient (Wildman–Crippen LogP) is 1.74. The van der Waals surface area contributed by atoms with Crippen molar-refractivity contribution in [3.05, 3.63) is 12.3 Å². The van der Waals surface area contributed by atoms with Crippen molar-refractivity contribution in [1.82, 2.24) is 9.78 Å². The van der Waals surface area contributed by atoms with E-state index >= 15 is 0 Å². The average Bonchev–Trinajstić information content (AvgIpc) is 2.68. The summed E-state index contributed by atoms with van der Waals surface area (Å²) in [7, 11) is -0.737. The van der Waals surface area contributed by atoms with Crippen molar-refractivity contribution < 1.29 is 22.5 Å². The normalized spacial score (nSPS) is 21.9. The van der Waals surface area contributed by atoms with Gasteiger partial charge in [-0.15, -0.1) is 0 Å². The standard InChI is InChI=1S/C11H16BF3N2O2/c1-9(2)10(3,4)19-12(18-9)8-5-6-17(16-8)7-11(13,14)15/h5-6H,7H2,1-4H3. The van der Waals surface area contributed by atoms with Gasteiger partial charge in [0.25, 0.3) is 0 Å². The highest BCUT2D eigenvalue weighted by atomic mass is 19.4. The fraction of sp³-hybridized carbons (Fsp3) is 0.727. The summed E-state index contributed by atoms with van der Waals surface area (Å²) in [6, 6.07) is 1.48. The summed E-state index contributed by atoms with van der Waals surface area (Å²) in [5.74, 6) is 0. The van der Waals surface area contributed by atoms with Crippen molar-refractivity contribution in [3.8, 4) is 0 Å². The van der Waals surface area contributed by atoms with Crippen molar-refractivity contribution in [2.75, 3.05) is 0 Å². The molecule has 0 spiro atoms. The molecule has 0 bridgehead atoms. The molecule has 0 radical (unpaired) electrons. The SMILES string of the molecule is CC1(C)OB(c2ccn(CC(F)(F)F)n2)OC1(C)C. The van der Waals surface area contributed by atoms with Gasteiger partial charge in [-0.2, -0.15) is 18.3 Å². The van der Waals surface area contributed by atoms with E-state index in [4.69, 9.17) is 9.31 Å². The van der Waals surface area contributed by atoms with Crippen LogP contribution in [0.3, 0.4) is 0 Å². The Morgan fingerprint density at radius 2 is 1.74 bits per heavy atom. The van der Waals surface area contributed by atoms with E-state index in [9.17, 15) is 13.2 Å². The smallest absolute Gasteiger partial charge is 0.398 e. The van der Waals surface area contributed by atoms with E-state index in [-0.39, 0.29) is 0 Å². The molecule has 0 atom stereocenters. The molecule has 1 aromatic heterocycles. The Bertz CT molecular complexity index is 455. The molecule has 8 heteroatoms. The molecule has 106 valence electrons. The summed E-state index contributed by atoms with van der Waals surface area (Å²) in [5, 5.41) is 3.86. The fourth-order valence-corrected chi connectivity index (χ4v) is 1.74. The molecule has 2 rings (SSSR count). The molecule has 1 aliphatic rings. The lowest BCUT2D eigenvalue weighted by Gasteiger charge is -2.32. The van der Waals surface area contributed by atoms with Gasteiger partial charge in [-0.05, 0) is 33.8 Å². The van der Waals surface area contributed by atoms with Crippen LogP contribution in [0, 0.1) is 0 Å². The maximum absolute atomic E-state index is 12.3. The van der Waals surface area contributed by atoms with Gasteiger partial charge in [-0.3, -0.25) is 4.68 Å². The molecule has 0 amide bonds. The second-order valence-corrected chi connectivity index (χ2v) is 5.64. The third kappa shape index (κ3) is 2.95. The first kappa shape index (κ1) is 14.4. The minimum Gasteiger partial charge on any atom is -0.398 e. The largest absolute Gasteiger partial charge is 0.516 e. The maximum Gasteiger partial charge on any atom is 0.516 e. The molecule has 0 N–H and O–H groups in total. The Morgan fingerprint density at radius 3 is 2.21 bits per heavy atom. The molecular formula is C11H16BF3N2O2. The zero-order valence-corrected chi connectivity index (χ0v) is 11.3. The van der Waals surface area contributed by atoms with Gasteiger partial charge in [0.05, 0.1) is 16.8 Å². The number of nitrogens with zero attached hydrogens (tertiary/aromatic N) is 2. The molecule has 19 heavy (non-hydrogen) atoms. The van der Waals surface area contributed by atoms with Crippen LogP contribution in [0.2, 0.25) is 0 Å². The van der Waals surface area contributed by atoms with Crippen LogP contribution in [0.4, 0.5) is 13.2 Å². The molecule has 0 unspecified atom stereocenters. The van der Waals surface area contributed by atoms with Crippen molar-refractivity contribution in [3.63, 3.8) is 0 Å². The Hall–Kier alpha value is -1.02. The second-order valence-electron chi connectivity index (χ2n) is 5.64. The Labute approximate surface area is 110 Å². The Kier molecular flexibility index (Phi) is 3.21. The van der Waals surface area contributed by atoms with Crippen molar-refractivity contribution in [2.24, 2.45) is 0 Å². The van der Waals surface area contributed by atoms with Crippen LogP contribution in [-0.4, -0.2) is 34.3 Å². The molecule has 1 fully saturated rings. The van der Waals surface area contributed by atoms with Crippen LogP contribution in [0.5, 0.6) is 0 Å². The first-order valence-corrected chi connectivity index (χ1v) is 5.96. The van der Waals surface area contributed by atoms with Gasteiger partial charge < -0.3 is 9.31 Å². The van der Waals surface area contributed by atoms with Gasteiger partial charge in [0, 0.05) is 6.20 Å². The van der Waals surface area contributed by atoms with Crippen LogP contribution < -0.4 is 5.59 Å². The predicted molar refractivity (Wildman–Crippen MR) is 64.0 cm³/mol. The van der Waals surface area contributed by atoms with Crippen LogP contribution >= 0.6 is 0 Å². The number of hydrogen-bond donors (Lipinski definition) is 0. The summed E-state index contributed by atoms with van der Waals surface area (Å²) in [4.78, 5) is 0. The highest BCUT2D eigenvalue weighted by Crippen LogP contribution is 2.36. The monoisotopic (exact) mass is 276 g/mol. The molecule has 0 aromatic carbocycles. The van der Waals surface area contributed by atoms with Gasteiger partial charge in [0.15, 0.2) is 0 Å². The number of halogens is 3. The first-order valence-electron chi connectivity index (χ1n) is 5.96.